The molecule has 0 aliphatic carbocycles. The number of benzene rings is 1. The Morgan fingerprint density at radius 1 is 1.44 bits per heavy atom. The smallest absolute Gasteiger partial charge is 0.269 e. The van der Waals surface area contributed by atoms with Gasteiger partial charge in [0.2, 0.25) is 6.41 Å². The fourth-order valence-electron chi connectivity index (χ4n) is 1.32. The molecule has 0 radical (unpaired) electrons. The first-order valence-corrected chi connectivity index (χ1v) is 5.96. The second kappa shape index (κ2) is 7.67. The van der Waals surface area contributed by atoms with Crippen molar-refractivity contribution in [2.24, 2.45) is 0 Å². The average molecular weight is 270 g/mol. The minimum absolute atomic E-state index is 0.0386. The summed E-state index contributed by atoms with van der Waals surface area (Å²) in [6.07, 6.45) is 0.772. The van der Waals surface area contributed by atoms with Crippen LogP contribution in [-0.4, -0.2) is 23.3 Å². The maximum Gasteiger partial charge on any atom is 0.269 e. The third kappa shape index (κ3) is 4.72. The molecule has 1 atom stereocenters. The van der Waals surface area contributed by atoms with Crippen LogP contribution in [0.25, 0.3) is 0 Å². The highest BCUT2D eigenvalue weighted by Gasteiger charge is 2.08. The molecule has 1 aromatic rings. The molecule has 6 nitrogen and oxygen atoms in total. The van der Waals surface area contributed by atoms with Crippen molar-refractivity contribution < 1.29 is 14.5 Å². The van der Waals surface area contributed by atoms with Crippen LogP contribution >= 0.6 is 12.6 Å². The Morgan fingerprint density at radius 3 is 2.61 bits per heavy atom. The summed E-state index contributed by atoms with van der Waals surface area (Å²) in [6.45, 7) is 0.275. The van der Waals surface area contributed by atoms with E-state index in [2.05, 4.69) is 17.9 Å². The first kappa shape index (κ1) is 14.5. The van der Waals surface area contributed by atoms with Crippen LogP contribution in [0.15, 0.2) is 24.3 Å². The molecule has 1 aromatic carbocycles. The number of amides is 1. The van der Waals surface area contributed by atoms with Gasteiger partial charge in [-0.3, -0.25) is 14.9 Å². The van der Waals surface area contributed by atoms with Gasteiger partial charge in [0, 0.05) is 18.6 Å². The first-order chi connectivity index (χ1) is 8.67. The van der Waals surface area contributed by atoms with Crippen molar-refractivity contribution in [3.05, 3.63) is 39.9 Å². The molecule has 98 valence electrons. The Kier molecular flexibility index (Phi) is 6.16. The van der Waals surface area contributed by atoms with Crippen LogP contribution in [0.4, 0.5) is 5.69 Å². The van der Waals surface area contributed by atoms with Crippen molar-refractivity contribution in [3.8, 4) is 0 Å². The molecular weight excluding hydrogens is 256 g/mol. The number of thiol groups is 1. The van der Waals surface area contributed by atoms with Crippen molar-refractivity contribution in [3.63, 3.8) is 0 Å². The number of nitro benzene ring substituents is 1. The lowest BCUT2D eigenvalue weighted by molar-refractivity contribution is -0.384. The van der Waals surface area contributed by atoms with Gasteiger partial charge in [0.05, 0.1) is 11.5 Å². The van der Waals surface area contributed by atoms with Crippen molar-refractivity contribution in [2.75, 3.05) is 5.75 Å². The van der Waals surface area contributed by atoms with Crippen molar-refractivity contribution in [1.29, 1.82) is 0 Å². The van der Waals surface area contributed by atoms with Gasteiger partial charge >= 0.3 is 0 Å². The Labute approximate surface area is 110 Å². The van der Waals surface area contributed by atoms with Gasteiger partial charge < -0.3 is 10.1 Å². The normalized spacial score (nSPS) is 11.8. The zero-order valence-electron chi connectivity index (χ0n) is 9.61. The van der Waals surface area contributed by atoms with E-state index in [1.807, 2.05) is 0 Å². The van der Waals surface area contributed by atoms with E-state index in [9.17, 15) is 14.9 Å². The molecule has 7 heteroatoms. The molecular formula is C11H14N2O4S. The lowest BCUT2D eigenvalue weighted by Crippen LogP contribution is -2.30. The summed E-state index contributed by atoms with van der Waals surface area (Å²) < 4.78 is 5.45. The van der Waals surface area contributed by atoms with Crippen LogP contribution in [0.1, 0.15) is 12.0 Å². The van der Waals surface area contributed by atoms with Crippen molar-refractivity contribution in [2.45, 2.75) is 19.3 Å². The van der Waals surface area contributed by atoms with E-state index < -0.39 is 11.2 Å². The second-order valence-electron chi connectivity index (χ2n) is 3.52. The maximum atomic E-state index is 10.5. The summed E-state index contributed by atoms with van der Waals surface area (Å²) in [4.78, 5) is 20.3. The maximum absolute atomic E-state index is 10.5. The first-order valence-electron chi connectivity index (χ1n) is 5.33. The highest BCUT2D eigenvalue weighted by Crippen LogP contribution is 2.13. The summed E-state index contributed by atoms with van der Waals surface area (Å²) in [5, 5.41) is 13.0. The number of carbonyl (C=O) groups excluding carboxylic acids is 1. The second-order valence-corrected chi connectivity index (χ2v) is 3.97. The molecule has 0 aliphatic heterocycles. The molecule has 0 bridgehead atoms. The molecule has 0 aromatic heterocycles. The van der Waals surface area contributed by atoms with Crippen LogP contribution < -0.4 is 5.32 Å². The van der Waals surface area contributed by atoms with Gasteiger partial charge in [-0.2, -0.15) is 12.6 Å². The Hall–Kier alpha value is -1.60. The van der Waals surface area contributed by atoms with Crippen molar-refractivity contribution >= 4 is 24.7 Å². The topological polar surface area (TPSA) is 81.5 Å². The molecule has 0 heterocycles. The fourth-order valence-corrected chi connectivity index (χ4v) is 1.55. The average Bonchev–Trinajstić information content (AvgIpc) is 2.37. The summed E-state index contributed by atoms with van der Waals surface area (Å²) in [6, 6.07) is 6.08. The molecule has 0 saturated carbocycles. The lowest BCUT2D eigenvalue weighted by Gasteiger charge is -2.15. The van der Waals surface area contributed by atoms with E-state index >= 15 is 0 Å². The number of ether oxygens (including phenoxy) is 1. The third-order valence-electron chi connectivity index (χ3n) is 2.24. The number of rotatable bonds is 8. The zero-order chi connectivity index (χ0) is 13.4. The minimum Gasteiger partial charge on any atom is -0.354 e. The zero-order valence-corrected chi connectivity index (χ0v) is 10.5. The molecule has 0 spiro atoms. The summed E-state index contributed by atoms with van der Waals surface area (Å²) >= 11 is 4.06. The predicted molar refractivity (Wildman–Crippen MR) is 69.3 cm³/mol. The van der Waals surface area contributed by atoms with Gasteiger partial charge in [0.15, 0.2) is 0 Å². The van der Waals surface area contributed by atoms with Gasteiger partial charge in [-0.15, -0.1) is 0 Å². The van der Waals surface area contributed by atoms with Gasteiger partial charge in [0.1, 0.15) is 6.23 Å². The van der Waals surface area contributed by atoms with Crippen LogP contribution in [0.2, 0.25) is 0 Å². The predicted octanol–water partition coefficient (Wildman–Crippen LogP) is 1.50. The van der Waals surface area contributed by atoms with E-state index in [1.54, 1.807) is 12.1 Å². The SMILES string of the molecule is O=CNC(CCS)OCc1ccc([N+](=O)[O-])cc1. The van der Waals surface area contributed by atoms with E-state index in [1.165, 1.54) is 12.1 Å². The van der Waals surface area contributed by atoms with Gasteiger partial charge in [-0.25, -0.2) is 0 Å². The molecule has 1 amide bonds. The Balaban J connectivity index is 2.51. The molecule has 18 heavy (non-hydrogen) atoms. The van der Waals surface area contributed by atoms with E-state index in [0.717, 1.165) is 5.56 Å². The number of nitro groups is 1. The van der Waals surface area contributed by atoms with Crippen LogP contribution in [-0.2, 0) is 16.1 Å². The Morgan fingerprint density at radius 2 is 2.11 bits per heavy atom. The molecule has 1 rings (SSSR count). The number of hydrogen-bond donors (Lipinski definition) is 2. The number of non-ortho nitro benzene ring substituents is 1. The molecule has 0 aliphatic rings. The number of nitrogens with zero attached hydrogens (tertiary/aromatic N) is 1. The molecule has 0 fully saturated rings. The van der Waals surface area contributed by atoms with Crippen LogP contribution in [0.3, 0.4) is 0 Å². The lowest BCUT2D eigenvalue weighted by atomic mass is 10.2. The van der Waals surface area contributed by atoms with E-state index in [4.69, 9.17) is 4.74 Å². The standard InChI is InChI=1S/C11H14N2O4S/c14-8-12-11(5-6-18)17-7-9-1-3-10(4-2-9)13(15)16/h1-4,8,11,18H,5-7H2,(H,12,14). The summed E-state index contributed by atoms with van der Waals surface area (Å²) in [5.74, 6) is 0.589. The number of nitrogens with one attached hydrogen (secondary N) is 1. The third-order valence-corrected chi connectivity index (χ3v) is 2.50. The monoisotopic (exact) mass is 270 g/mol. The molecule has 1 unspecified atom stereocenters. The minimum atomic E-state index is -0.456. The van der Waals surface area contributed by atoms with Gasteiger partial charge in [-0.1, -0.05) is 0 Å². The fraction of sp³-hybridized carbons (Fsp3) is 0.364. The summed E-state index contributed by atoms with van der Waals surface area (Å²) in [7, 11) is 0. The van der Waals surface area contributed by atoms with E-state index in [-0.39, 0.29) is 12.3 Å². The highest BCUT2D eigenvalue weighted by molar-refractivity contribution is 7.80. The largest absolute Gasteiger partial charge is 0.354 e. The van der Waals surface area contributed by atoms with Crippen LogP contribution in [0, 0.1) is 10.1 Å². The molecule has 0 saturated heterocycles. The van der Waals surface area contributed by atoms with Crippen molar-refractivity contribution in [1.82, 2.24) is 5.32 Å². The van der Waals surface area contributed by atoms with Gasteiger partial charge in [0.25, 0.3) is 5.69 Å². The Bertz CT molecular complexity index is 397. The van der Waals surface area contributed by atoms with E-state index in [0.29, 0.717) is 18.6 Å². The quantitative estimate of drug-likeness (QED) is 0.247. The highest BCUT2D eigenvalue weighted by atomic mass is 32.1. The molecule has 1 N–H and O–H groups in total. The summed E-state index contributed by atoms with van der Waals surface area (Å²) in [5.41, 5.74) is 0.842. The number of carbonyl (C=O) groups is 1. The van der Waals surface area contributed by atoms with Gasteiger partial charge in [-0.05, 0) is 23.4 Å². The van der Waals surface area contributed by atoms with Crippen LogP contribution in [0.5, 0.6) is 0 Å². The number of hydrogen-bond acceptors (Lipinski definition) is 5.